The van der Waals surface area contributed by atoms with Crippen LogP contribution in [0.15, 0.2) is 61.2 Å². The van der Waals surface area contributed by atoms with Crippen molar-refractivity contribution in [1.29, 1.82) is 0 Å². The molecule has 0 amide bonds. The summed E-state index contributed by atoms with van der Waals surface area (Å²) in [6.07, 6.45) is 2.83. The monoisotopic (exact) mass is 361 g/mol. The maximum atomic E-state index is 13.5. The molecular formula is C23H20FNO2. The van der Waals surface area contributed by atoms with Crippen molar-refractivity contribution in [3.8, 4) is 11.1 Å². The second-order valence-corrected chi connectivity index (χ2v) is 6.87. The van der Waals surface area contributed by atoms with Crippen LogP contribution in [0.2, 0.25) is 0 Å². The third-order valence-electron chi connectivity index (χ3n) is 4.92. The minimum Gasteiger partial charge on any atom is -0.455 e. The second kappa shape index (κ2) is 6.95. The van der Waals surface area contributed by atoms with Gasteiger partial charge in [-0.25, -0.2) is 9.18 Å². The average molecular weight is 361 g/mol. The molecule has 4 rings (SSSR count). The molecular weight excluding hydrogens is 341 g/mol. The minimum atomic E-state index is -0.483. The van der Waals surface area contributed by atoms with E-state index in [1.54, 1.807) is 12.1 Å². The average Bonchev–Trinajstić information content (AvgIpc) is 3.52. The van der Waals surface area contributed by atoms with E-state index in [1.807, 2.05) is 31.2 Å². The van der Waals surface area contributed by atoms with Gasteiger partial charge in [-0.15, -0.1) is 0 Å². The smallest absolute Gasteiger partial charge is 0.330 e. The number of hydrogen-bond donors (Lipinski definition) is 0. The number of carbonyl (C=O) groups excluding carboxylic acids is 1. The van der Waals surface area contributed by atoms with Gasteiger partial charge in [-0.1, -0.05) is 36.9 Å². The molecule has 3 aromatic rings. The zero-order valence-corrected chi connectivity index (χ0v) is 15.1. The number of aromatic nitrogens is 1. The number of fused-ring (bicyclic) bond motifs is 1. The molecule has 0 saturated heterocycles. The summed E-state index contributed by atoms with van der Waals surface area (Å²) >= 11 is 0. The molecule has 1 aliphatic carbocycles. The van der Waals surface area contributed by atoms with Crippen LogP contribution in [0, 0.1) is 5.82 Å². The van der Waals surface area contributed by atoms with Crippen LogP contribution in [0.3, 0.4) is 0 Å². The lowest BCUT2D eigenvalue weighted by Crippen LogP contribution is -2.11. The lowest BCUT2D eigenvalue weighted by Gasteiger charge is -2.22. The van der Waals surface area contributed by atoms with Gasteiger partial charge in [0.2, 0.25) is 0 Å². The number of ether oxygens (including phenoxy) is 1. The van der Waals surface area contributed by atoms with E-state index in [0.717, 1.165) is 46.1 Å². The van der Waals surface area contributed by atoms with Gasteiger partial charge >= 0.3 is 5.97 Å². The first kappa shape index (κ1) is 17.4. The van der Waals surface area contributed by atoms with Crippen LogP contribution in [-0.4, -0.2) is 11.0 Å². The molecule has 27 heavy (non-hydrogen) atoms. The Kier molecular flexibility index (Phi) is 4.48. The van der Waals surface area contributed by atoms with Crippen molar-refractivity contribution in [2.24, 2.45) is 0 Å². The van der Waals surface area contributed by atoms with Crippen LogP contribution in [0.25, 0.3) is 22.0 Å². The number of rotatable bonds is 5. The molecule has 1 heterocycles. The van der Waals surface area contributed by atoms with Crippen LogP contribution in [0.1, 0.15) is 43.0 Å². The molecule has 1 aromatic heterocycles. The van der Waals surface area contributed by atoms with Gasteiger partial charge in [-0.05, 0) is 49.1 Å². The summed E-state index contributed by atoms with van der Waals surface area (Å²) in [5.74, 6) is -0.386. The maximum Gasteiger partial charge on any atom is 0.330 e. The summed E-state index contributed by atoms with van der Waals surface area (Å²) in [4.78, 5) is 16.7. The van der Waals surface area contributed by atoms with Crippen molar-refractivity contribution >= 4 is 16.9 Å². The van der Waals surface area contributed by atoms with Gasteiger partial charge in [0, 0.05) is 22.9 Å². The second-order valence-electron chi connectivity index (χ2n) is 6.87. The molecule has 136 valence electrons. The van der Waals surface area contributed by atoms with E-state index in [-0.39, 0.29) is 5.82 Å². The Bertz CT molecular complexity index is 1020. The number of carbonyl (C=O) groups is 1. The predicted octanol–water partition coefficient (Wildman–Crippen LogP) is 5.71. The summed E-state index contributed by atoms with van der Waals surface area (Å²) in [6.45, 7) is 5.34. The quantitative estimate of drug-likeness (QED) is 0.432. The van der Waals surface area contributed by atoms with Gasteiger partial charge < -0.3 is 4.74 Å². The van der Waals surface area contributed by atoms with Crippen LogP contribution >= 0.6 is 0 Å². The first-order valence-corrected chi connectivity index (χ1v) is 9.10. The Hall–Kier alpha value is -3.01. The van der Waals surface area contributed by atoms with E-state index in [9.17, 15) is 9.18 Å². The normalized spacial score (nSPS) is 14.7. The fourth-order valence-corrected chi connectivity index (χ4v) is 3.53. The Labute approximate surface area is 157 Å². The maximum absolute atomic E-state index is 13.5. The van der Waals surface area contributed by atoms with E-state index in [1.165, 1.54) is 18.2 Å². The van der Waals surface area contributed by atoms with E-state index < -0.39 is 12.1 Å². The highest BCUT2D eigenvalue weighted by Crippen LogP contribution is 2.47. The van der Waals surface area contributed by atoms with Crippen LogP contribution in [0.5, 0.6) is 0 Å². The molecule has 3 nitrogen and oxygen atoms in total. The van der Waals surface area contributed by atoms with Crippen LogP contribution in [-0.2, 0) is 9.53 Å². The Morgan fingerprint density at radius 1 is 1.22 bits per heavy atom. The van der Waals surface area contributed by atoms with E-state index in [4.69, 9.17) is 9.72 Å². The minimum absolute atomic E-state index is 0.285. The Morgan fingerprint density at radius 2 is 1.93 bits per heavy atom. The molecule has 1 saturated carbocycles. The zero-order chi connectivity index (χ0) is 19.0. The number of hydrogen-bond acceptors (Lipinski definition) is 3. The number of halogens is 1. The van der Waals surface area contributed by atoms with Crippen molar-refractivity contribution in [3.05, 3.63) is 78.3 Å². The molecule has 1 atom stereocenters. The van der Waals surface area contributed by atoms with Crippen molar-refractivity contribution in [2.75, 3.05) is 0 Å². The predicted molar refractivity (Wildman–Crippen MR) is 104 cm³/mol. The molecule has 1 fully saturated rings. The number of para-hydroxylation sites is 1. The summed E-state index contributed by atoms with van der Waals surface area (Å²) in [7, 11) is 0. The van der Waals surface area contributed by atoms with Crippen LogP contribution in [0.4, 0.5) is 4.39 Å². The highest BCUT2D eigenvalue weighted by atomic mass is 19.1. The molecule has 1 unspecified atom stereocenters. The lowest BCUT2D eigenvalue weighted by molar-refractivity contribution is -0.142. The summed E-state index contributed by atoms with van der Waals surface area (Å²) in [5, 5.41) is 0.963. The van der Waals surface area contributed by atoms with E-state index >= 15 is 0 Å². The third kappa shape index (κ3) is 3.35. The molecule has 0 radical (unpaired) electrons. The molecule has 0 spiro atoms. The van der Waals surface area contributed by atoms with Crippen molar-refractivity contribution in [1.82, 2.24) is 4.98 Å². The van der Waals surface area contributed by atoms with Gasteiger partial charge in [0.15, 0.2) is 0 Å². The van der Waals surface area contributed by atoms with Crippen molar-refractivity contribution in [2.45, 2.75) is 31.8 Å². The van der Waals surface area contributed by atoms with Crippen molar-refractivity contribution < 1.29 is 13.9 Å². The Balaban J connectivity index is 2.01. The fourth-order valence-electron chi connectivity index (χ4n) is 3.53. The number of esters is 1. The molecule has 0 N–H and O–H groups in total. The molecule has 4 heteroatoms. The lowest BCUT2D eigenvalue weighted by atomic mass is 9.90. The van der Waals surface area contributed by atoms with Crippen LogP contribution < -0.4 is 0 Å². The number of benzene rings is 2. The fraction of sp³-hybridized carbons (Fsp3) is 0.217. The van der Waals surface area contributed by atoms with Crippen molar-refractivity contribution in [3.63, 3.8) is 0 Å². The van der Waals surface area contributed by atoms with Gasteiger partial charge in [0.1, 0.15) is 11.9 Å². The SMILES string of the molecule is C=CC(=O)OC(C)c1c(C2CC2)nc2ccccc2c1-c1ccc(F)cc1. The largest absolute Gasteiger partial charge is 0.455 e. The summed E-state index contributed by atoms with van der Waals surface area (Å²) in [6, 6.07) is 14.3. The summed E-state index contributed by atoms with van der Waals surface area (Å²) in [5.41, 5.74) is 4.60. The van der Waals surface area contributed by atoms with Gasteiger partial charge in [-0.2, -0.15) is 0 Å². The molecule has 1 aliphatic rings. The Morgan fingerprint density at radius 3 is 2.59 bits per heavy atom. The topological polar surface area (TPSA) is 39.2 Å². The first-order valence-electron chi connectivity index (χ1n) is 9.10. The first-order chi connectivity index (χ1) is 13.1. The van der Waals surface area contributed by atoms with Gasteiger partial charge in [-0.3, -0.25) is 4.98 Å². The summed E-state index contributed by atoms with van der Waals surface area (Å²) < 4.78 is 19.1. The van der Waals surface area contributed by atoms with E-state index in [0.29, 0.717) is 5.92 Å². The number of pyridine rings is 1. The number of nitrogens with zero attached hydrogens (tertiary/aromatic N) is 1. The third-order valence-corrected chi connectivity index (χ3v) is 4.92. The molecule has 0 bridgehead atoms. The van der Waals surface area contributed by atoms with Gasteiger partial charge in [0.05, 0.1) is 11.2 Å². The molecule has 0 aliphatic heterocycles. The molecule has 2 aromatic carbocycles. The van der Waals surface area contributed by atoms with E-state index in [2.05, 4.69) is 6.58 Å². The highest BCUT2D eigenvalue weighted by Gasteiger charge is 2.33. The zero-order valence-electron chi connectivity index (χ0n) is 15.1. The van der Waals surface area contributed by atoms with Gasteiger partial charge in [0.25, 0.3) is 0 Å². The highest BCUT2D eigenvalue weighted by molar-refractivity contribution is 5.97. The standard InChI is InChI=1S/C23H20FNO2/c1-3-20(26)27-14(2)21-22(15-10-12-17(24)13-11-15)18-6-4-5-7-19(18)25-23(21)16-8-9-16/h3-7,10-14,16H,1,8-9H2,2H3.